The number of nitrogens with zero attached hydrogens (tertiary/aromatic N) is 4. The maximum atomic E-state index is 5.61. The molecule has 4 nitrogen and oxygen atoms in total. The number of fused-ring (bicyclic) bond motifs is 15. The standard InChI is InChI=1S/C52H30N4/c1-2-12-31(13-3-1)32-22-24-35(25-23-32)50-47-37-17-7-5-14-33(37)26-28-41(47)53-52(54-50)56-43-21-11-8-18-38(43)48-45(56)30-40-46-36-16-6-4-15-34(36)27-29-44(46)55-42-20-10-9-19-39(42)49(48)51(40)55/h1-30H. The largest absolute Gasteiger partial charge is 0.308 e. The predicted octanol–water partition coefficient (Wildman–Crippen LogP) is 13.5. The highest BCUT2D eigenvalue weighted by Crippen LogP contribution is 2.48. The first kappa shape index (κ1) is 29.8. The number of rotatable bonds is 3. The van der Waals surface area contributed by atoms with Crippen LogP contribution < -0.4 is 0 Å². The van der Waals surface area contributed by atoms with Crippen LogP contribution in [0.4, 0.5) is 0 Å². The van der Waals surface area contributed by atoms with Gasteiger partial charge in [-0.3, -0.25) is 4.57 Å². The number of aromatic nitrogens is 4. The van der Waals surface area contributed by atoms with E-state index in [0.29, 0.717) is 5.95 Å². The summed E-state index contributed by atoms with van der Waals surface area (Å²) in [5.74, 6) is 0.660. The molecule has 258 valence electrons. The normalized spacial score (nSPS) is 12.3. The monoisotopic (exact) mass is 710 g/mol. The summed E-state index contributed by atoms with van der Waals surface area (Å²) in [5, 5.41) is 13.3. The molecule has 0 amide bonds. The molecule has 0 saturated carbocycles. The molecule has 0 radical (unpaired) electrons. The molecule has 0 aliphatic carbocycles. The molecule has 0 aliphatic heterocycles. The van der Waals surface area contributed by atoms with Gasteiger partial charge in [0.15, 0.2) is 0 Å². The second-order valence-corrected chi connectivity index (χ2v) is 14.9. The van der Waals surface area contributed by atoms with Gasteiger partial charge in [0, 0.05) is 43.3 Å². The van der Waals surface area contributed by atoms with Crippen molar-refractivity contribution >= 4 is 92.3 Å². The second-order valence-electron chi connectivity index (χ2n) is 14.9. The van der Waals surface area contributed by atoms with Crippen molar-refractivity contribution in [2.45, 2.75) is 0 Å². The van der Waals surface area contributed by atoms with Crippen LogP contribution in [0.2, 0.25) is 0 Å². The number of hydrogen-bond donors (Lipinski definition) is 0. The Bertz CT molecular complexity index is 3740. The summed E-state index contributed by atoms with van der Waals surface area (Å²) in [6.07, 6.45) is 0. The van der Waals surface area contributed by atoms with Gasteiger partial charge in [0.25, 0.3) is 0 Å². The minimum Gasteiger partial charge on any atom is -0.308 e. The molecule has 0 unspecified atom stereocenters. The van der Waals surface area contributed by atoms with Crippen LogP contribution in [-0.4, -0.2) is 18.9 Å². The van der Waals surface area contributed by atoms with Gasteiger partial charge in [0.05, 0.1) is 38.8 Å². The van der Waals surface area contributed by atoms with Gasteiger partial charge in [-0.25, -0.2) is 9.97 Å². The lowest BCUT2D eigenvalue weighted by molar-refractivity contribution is 1.02. The molecular formula is C52H30N4. The van der Waals surface area contributed by atoms with Crippen molar-refractivity contribution in [1.29, 1.82) is 0 Å². The Morgan fingerprint density at radius 2 is 0.929 bits per heavy atom. The molecule has 0 N–H and O–H groups in total. The highest BCUT2D eigenvalue weighted by atomic mass is 15.2. The third-order valence-electron chi connectivity index (χ3n) is 12.0. The van der Waals surface area contributed by atoms with Gasteiger partial charge in [-0.1, -0.05) is 152 Å². The lowest BCUT2D eigenvalue weighted by Crippen LogP contribution is -2.03. The quantitative estimate of drug-likeness (QED) is 0.171. The first-order valence-corrected chi connectivity index (χ1v) is 19.2. The first-order valence-electron chi connectivity index (χ1n) is 19.2. The fourth-order valence-corrected chi connectivity index (χ4v) is 9.65. The van der Waals surface area contributed by atoms with Crippen LogP contribution in [0.5, 0.6) is 0 Å². The maximum absolute atomic E-state index is 5.61. The lowest BCUT2D eigenvalue weighted by atomic mass is 9.98. The van der Waals surface area contributed by atoms with Crippen LogP contribution in [0.3, 0.4) is 0 Å². The van der Waals surface area contributed by atoms with E-state index in [1.807, 2.05) is 0 Å². The van der Waals surface area contributed by atoms with E-state index in [9.17, 15) is 0 Å². The summed E-state index contributed by atoms with van der Waals surface area (Å²) in [5.41, 5.74) is 11.2. The highest BCUT2D eigenvalue weighted by Gasteiger charge is 2.26. The summed E-state index contributed by atoms with van der Waals surface area (Å²) in [6.45, 7) is 0. The van der Waals surface area contributed by atoms with Gasteiger partial charge >= 0.3 is 0 Å². The summed E-state index contributed by atoms with van der Waals surface area (Å²) in [4.78, 5) is 11.1. The number of benzene rings is 9. The molecule has 0 spiro atoms. The molecular weight excluding hydrogens is 681 g/mol. The molecule has 0 fully saturated rings. The van der Waals surface area contributed by atoms with Crippen molar-refractivity contribution in [3.05, 3.63) is 182 Å². The lowest BCUT2D eigenvalue weighted by Gasteiger charge is -2.14. The van der Waals surface area contributed by atoms with Gasteiger partial charge in [0.1, 0.15) is 0 Å². The Labute approximate surface area is 320 Å². The van der Waals surface area contributed by atoms with Gasteiger partial charge in [-0.05, 0) is 63.0 Å². The van der Waals surface area contributed by atoms with E-state index < -0.39 is 0 Å². The average molecular weight is 711 g/mol. The van der Waals surface area contributed by atoms with E-state index in [4.69, 9.17) is 9.97 Å². The molecule has 13 aromatic rings. The Balaban J connectivity index is 1.19. The van der Waals surface area contributed by atoms with Crippen LogP contribution in [-0.2, 0) is 0 Å². The summed E-state index contributed by atoms with van der Waals surface area (Å²) >= 11 is 0. The molecule has 4 heteroatoms. The molecule has 13 rings (SSSR count). The Morgan fingerprint density at radius 1 is 0.339 bits per heavy atom. The van der Waals surface area contributed by atoms with E-state index in [-0.39, 0.29) is 0 Å². The molecule has 9 aromatic carbocycles. The van der Waals surface area contributed by atoms with Crippen LogP contribution in [0, 0.1) is 0 Å². The van der Waals surface area contributed by atoms with Crippen molar-refractivity contribution in [2.75, 3.05) is 0 Å². The minimum absolute atomic E-state index is 0.660. The molecule has 4 heterocycles. The molecule has 0 saturated heterocycles. The van der Waals surface area contributed by atoms with E-state index in [0.717, 1.165) is 38.6 Å². The Morgan fingerprint density at radius 3 is 1.70 bits per heavy atom. The SMILES string of the molecule is c1ccc(-c2ccc(-c3nc(-n4c5ccccc5c5c6c7ccccc7n7c8ccc9ccccc9c8c(cc54)c67)nc4ccc5ccccc5c34)cc2)cc1. The van der Waals surface area contributed by atoms with Crippen molar-refractivity contribution in [1.82, 2.24) is 18.9 Å². The zero-order chi connectivity index (χ0) is 36.5. The number of para-hydroxylation sites is 2. The van der Waals surface area contributed by atoms with E-state index in [2.05, 4.69) is 191 Å². The van der Waals surface area contributed by atoms with E-state index >= 15 is 0 Å². The summed E-state index contributed by atoms with van der Waals surface area (Å²) in [6, 6.07) is 65.7. The predicted molar refractivity (Wildman–Crippen MR) is 234 cm³/mol. The van der Waals surface area contributed by atoms with Crippen molar-refractivity contribution < 1.29 is 0 Å². The van der Waals surface area contributed by atoms with Crippen LogP contribution in [0.25, 0.3) is 121 Å². The van der Waals surface area contributed by atoms with E-state index in [1.54, 1.807) is 0 Å². The van der Waals surface area contributed by atoms with Gasteiger partial charge in [-0.2, -0.15) is 0 Å². The van der Waals surface area contributed by atoms with Crippen LogP contribution >= 0.6 is 0 Å². The van der Waals surface area contributed by atoms with Gasteiger partial charge in [0.2, 0.25) is 5.95 Å². The smallest absolute Gasteiger partial charge is 0.235 e. The molecule has 56 heavy (non-hydrogen) atoms. The molecule has 0 bridgehead atoms. The zero-order valence-corrected chi connectivity index (χ0v) is 30.1. The first-order chi connectivity index (χ1) is 27.8. The molecule has 0 aliphatic rings. The van der Waals surface area contributed by atoms with Crippen molar-refractivity contribution in [3.8, 4) is 28.3 Å². The van der Waals surface area contributed by atoms with Gasteiger partial charge < -0.3 is 4.40 Å². The topological polar surface area (TPSA) is 35.1 Å². The fraction of sp³-hybridized carbons (Fsp3) is 0. The molecule has 0 atom stereocenters. The summed E-state index contributed by atoms with van der Waals surface area (Å²) in [7, 11) is 0. The third kappa shape index (κ3) is 3.92. The van der Waals surface area contributed by atoms with Crippen LogP contribution in [0.15, 0.2) is 182 Å². The number of hydrogen-bond acceptors (Lipinski definition) is 2. The zero-order valence-electron chi connectivity index (χ0n) is 30.1. The average Bonchev–Trinajstić information content (AvgIpc) is 3.91. The minimum atomic E-state index is 0.660. The van der Waals surface area contributed by atoms with Gasteiger partial charge in [-0.15, -0.1) is 0 Å². The second kappa shape index (κ2) is 11.0. The summed E-state index contributed by atoms with van der Waals surface area (Å²) < 4.78 is 4.80. The van der Waals surface area contributed by atoms with Crippen LogP contribution in [0.1, 0.15) is 0 Å². The van der Waals surface area contributed by atoms with Crippen molar-refractivity contribution in [3.63, 3.8) is 0 Å². The maximum Gasteiger partial charge on any atom is 0.235 e. The van der Waals surface area contributed by atoms with E-state index in [1.165, 1.54) is 76.2 Å². The Hall–Kier alpha value is -7.56. The molecule has 4 aromatic heterocycles. The fourth-order valence-electron chi connectivity index (χ4n) is 9.65. The third-order valence-corrected chi connectivity index (χ3v) is 12.0. The highest BCUT2D eigenvalue weighted by molar-refractivity contribution is 6.37. The Kier molecular flexibility index (Phi) is 5.86. The van der Waals surface area contributed by atoms with Crippen molar-refractivity contribution in [2.24, 2.45) is 0 Å².